The standard InChI is InChI=1S/C24H33NO5/c1-17(2)21(23(26)28-6)19(4)22(24(27)29-7)18(3)16-30-14-13-25(5)15-20-11-9-8-10-12-20/h8-12H,3,13-16H2,1-2,4-7H3/b22-19+. The fourth-order valence-corrected chi connectivity index (χ4v) is 3.09. The molecule has 0 amide bonds. The van der Waals surface area contributed by atoms with Crippen LogP contribution in [0.4, 0.5) is 0 Å². The van der Waals surface area contributed by atoms with Crippen molar-refractivity contribution in [2.24, 2.45) is 0 Å². The Morgan fingerprint density at radius 2 is 1.53 bits per heavy atom. The molecule has 0 atom stereocenters. The van der Waals surface area contributed by atoms with Gasteiger partial charge >= 0.3 is 11.9 Å². The van der Waals surface area contributed by atoms with Crippen molar-refractivity contribution in [3.63, 3.8) is 0 Å². The van der Waals surface area contributed by atoms with Crippen LogP contribution in [0.1, 0.15) is 26.3 Å². The predicted octanol–water partition coefficient (Wildman–Crippen LogP) is 3.69. The molecule has 0 saturated heterocycles. The molecule has 1 rings (SSSR count). The van der Waals surface area contributed by atoms with Crippen molar-refractivity contribution in [2.45, 2.75) is 27.3 Å². The first-order chi connectivity index (χ1) is 14.2. The number of likely N-dealkylation sites (N-methyl/N-ethyl adjacent to an activating group) is 1. The number of rotatable bonds is 11. The number of esters is 2. The van der Waals surface area contributed by atoms with E-state index in [0.29, 0.717) is 23.3 Å². The summed E-state index contributed by atoms with van der Waals surface area (Å²) in [7, 11) is 4.62. The van der Waals surface area contributed by atoms with E-state index in [9.17, 15) is 9.59 Å². The number of carbonyl (C=O) groups excluding carboxylic acids is 2. The summed E-state index contributed by atoms with van der Waals surface area (Å²) in [5, 5.41) is 0. The van der Waals surface area contributed by atoms with Crippen molar-refractivity contribution in [1.29, 1.82) is 0 Å². The molecule has 0 aromatic heterocycles. The minimum atomic E-state index is -0.565. The van der Waals surface area contributed by atoms with Crippen molar-refractivity contribution in [2.75, 3.05) is 41.0 Å². The van der Waals surface area contributed by atoms with E-state index in [4.69, 9.17) is 14.2 Å². The molecule has 0 aliphatic carbocycles. The first-order valence-electron chi connectivity index (χ1n) is 9.76. The summed E-state index contributed by atoms with van der Waals surface area (Å²) in [4.78, 5) is 26.7. The molecule has 0 radical (unpaired) electrons. The minimum absolute atomic E-state index is 0.151. The van der Waals surface area contributed by atoms with Gasteiger partial charge in [0.25, 0.3) is 0 Å². The van der Waals surface area contributed by atoms with Gasteiger partial charge in [0.05, 0.1) is 38.6 Å². The molecular weight excluding hydrogens is 382 g/mol. The second kappa shape index (κ2) is 12.8. The van der Waals surface area contributed by atoms with Gasteiger partial charge < -0.3 is 14.2 Å². The summed E-state index contributed by atoms with van der Waals surface area (Å²) in [5.74, 6) is -1.07. The lowest BCUT2D eigenvalue weighted by molar-refractivity contribution is -0.136. The van der Waals surface area contributed by atoms with Gasteiger partial charge in [-0.3, -0.25) is 4.90 Å². The third-order valence-corrected chi connectivity index (χ3v) is 4.57. The zero-order valence-corrected chi connectivity index (χ0v) is 18.9. The largest absolute Gasteiger partial charge is 0.465 e. The lowest BCUT2D eigenvalue weighted by Crippen LogP contribution is -2.23. The fourth-order valence-electron chi connectivity index (χ4n) is 3.09. The van der Waals surface area contributed by atoms with Gasteiger partial charge in [0, 0.05) is 13.1 Å². The molecule has 164 valence electrons. The van der Waals surface area contributed by atoms with E-state index in [1.165, 1.54) is 19.8 Å². The molecule has 0 aliphatic rings. The molecule has 0 bridgehead atoms. The third-order valence-electron chi connectivity index (χ3n) is 4.57. The zero-order valence-electron chi connectivity index (χ0n) is 18.9. The number of benzene rings is 1. The lowest BCUT2D eigenvalue weighted by atomic mass is 9.94. The van der Waals surface area contributed by atoms with Crippen molar-refractivity contribution >= 4 is 11.9 Å². The van der Waals surface area contributed by atoms with Gasteiger partial charge in [0.2, 0.25) is 0 Å². The molecule has 1 aromatic carbocycles. The Kier molecular flexibility index (Phi) is 10.8. The highest BCUT2D eigenvalue weighted by Gasteiger charge is 2.23. The molecule has 0 saturated carbocycles. The van der Waals surface area contributed by atoms with Gasteiger partial charge in [-0.05, 0) is 44.5 Å². The van der Waals surface area contributed by atoms with E-state index >= 15 is 0 Å². The van der Waals surface area contributed by atoms with E-state index in [-0.39, 0.29) is 12.2 Å². The molecule has 0 spiro atoms. The smallest absolute Gasteiger partial charge is 0.338 e. The van der Waals surface area contributed by atoms with Crippen LogP contribution in [-0.4, -0.2) is 57.9 Å². The maximum absolute atomic E-state index is 12.4. The zero-order chi connectivity index (χ0) is 22.7. The summed E-state index contributed by atoms with van der Waals surface area (Å²) in [6, 6.07) is 10.2. The molecule has 6 nitrogen and oxygen atoms in total. The minimum Gasteiger partial charge on any atom is -0.465 e. The number of allylic oxidation sites excluding steroid dienone is 1. The Morgan fingerprint density at radius 3 is 2.07 bits per heavy atom. The quantitative estimate of drug-likeness (QED) is 0.238. The number of nitrogens with zero attached hydrogens (tertiary/aromatic N) is 1. The molecule has 6 heteroatoms. The Morgan fingerprint density at radius 1 is 0.967 bits per heavy atom. The lowest BCUT2D eigenvalue weighted by Gasteiger charge is -2.18. The summed E-state index contributed by atoms with van der Waals surface area (Å²) < 4.78 is 15.5. The van der Waals surface area contributed by atoms with Crippen molar-refractivity contribution in [3.8, 4) is 0 Å². The van der Waals surface area contributed by atoms with Crippen LogP contribution in [0.3, 0.4) is 0 Å². The number of hydrogen-bond acceptors (Lipinski definition) is 6. The molecule has 0 fully saturated rings. The molecular formula is C24H33NO5. The van der Waals surface area contributed by atoms with Gasteiger partial charge in [0.15, 0.2) is 0 Å². The molecule has 30 heavy (non-hydrogen) atoms. The fraction of sp³-hybridized carbons (Fsp3) is 0.417. The first kappa shape index (κ1) is 25.3. The highest BCUT2D eigenvalue weighted by atomic mass is 16.5. The van der Waals surface area contributed by atoms with Crippen LogP contribution in [0.25, 0.3) is 0 Å². The second-order valence-corrected chi connectivity index (χ2v) is 7.24. The van der Waals surface area contributed by atoms with Crippen molar-refractivity contribution in [3.05, 3.63) is 70.3 Å². The molecule has 0 aliphatic heterocycles. The predicted molar refractivity (Wildman–Crippen MR) is 118 cm³/mol. The van der Waals surface area contributed by atoms with Gasteiger partial charge in [-0.2, -0.15) is 0 Å². The normalized spacial score (nSPS) is 11.6. The number of methoxy groups -OCH3 is 2. The van der Waals surface area contributed by atoms with E-state index in [1.807, 2.05) is 25.2 Å². The van der Waals surface area contributed by atoms with Gasteiger partial charge in [-0.15, -0.1) is 0 Å². The highest BCUT2D eigenvalue weighted by Crippen LogP contribution is 2.25. The van der Waals surface area contributed by atoms with Crippen molar-refractivity contribution in [1.82, 2.24) is 4.90 Å². The highest BCUT2D eigenvalue weighted by molar-refractivity contribution is 6.01. The summed E-state index contributed by atoms with van der Waals surface area (Å²) in [6.07, 6.45) is 0. The average molecular weight is 416 g/mol. The van der Waals surface area contributed by atoms with Crippen LogP contribution in [-0.2, 0) is 30.3 Å². The SMILES string of the molecule is C=C(COCCN(C)Cc1ccccc1)/C(C(=O)OC)=C(/C)C(C(=O)OC)=C(C)C. The van der Waals surface area contributed by atoms with Gasteiger partial charge in [0.1, 0.15) is 0 Å². The first-order valence-corrected chi connectivity index (χ1v) is 9.76. The Bertz CT molecular complexity index is 804. The van der Waals surface area contributed by atoms with E-state index < -0.39 is 11.9 Å². The number of carbonyl (C=O) groups is 2. The summed E-state index contributed by atoms with van der Waals surface area (Å²) in [6.45, 7) is 11.4. The maximum atomic E-state index is 12.4. The number of hydrogen-bond donors (Lipinski definition) is 0. The maximum Gasteiger partial charge on any atom is 0.338 e. The van der Waals surface area contributed by atoms with E-state index in [0.717, 1.165) is 18.7 Å². The van der Waals surface area contributed by atoms with E-state index in [2.05, 4.69) is 23.6 Å². The van der Waals surface area contributed by atoms with Gasteiger partial charge in [-0.25, -0.2) is 9.59 Å². The Balaban J connectivity index is 2.79. The van der Waals surface area contributed by atoms with Crippen molar-refractivity contribution < 1.29 is 23.8 Å². The summed E-state index contributed by atoms with van der Waals surface area (Å²) >= 11 is 0. The molecule has 0 N–H and O–H groups in total. The Labute approximate surface area is 179 Å². The second-order valence-electron chi connectivity index (χ2n) is 7.24. The van der Waals surface area contributed by atoms with Crippen LogP contribution in [0.5, 0.6) is 0 Å². The van der Waals surface area contributed by atoms with Crippen LogP contribution in [0, 0.1) is 0 Å². The van der Waals surface area contributed by atoms with Gasteiger partial charge in [-0.1, -0.05) is 42.5 Å². The Hall–Kier alpha value is -2.70. The van der Waals surface area contributed by atoms with E-state index in [1.54, 1.807) is 20.8 Å². The van der Waals surface area contributed by atoms with Crippen LogP contribution in [0.2, 0.25) is 0 Å². The van der Waals surface area contributed by atoms with Crippen LogP contribution >= 0.6 is 0 Å². The van der Waals surface area contributed by atoms with Crippen LogP contribution < -0.4 is 0 Å². The van der Waals surface area contributed by atoms with Crippen LogP contribution in [0.15, 0.2) is 64.8 Å². The molecule has 0 heterocycles. The monoisotopic (exact) mass is 415 g/mol. The molecule has 1 aromatic rings. The third kappa shape index (κ3) is 7.61. The number of ether oxygens (including phenoxy) is 3. The summed E-state index contributed by atoms with van der Waals surface area (Å²) in [5.41, 5.74) is 3.44. The average Bonchev–Trinajstić information content (AvgIpc) is 2.71. The topological polar surface area (TPSA) is 65.1 Å². The molecule has 0 unspecified atom stereocenters.